The number of hydrogen-bond acceptors (Lipinski definition) is 3. The van der Waals surface area contributed by atoms with Gasteiger partial charge in [0.05, 0.1) is 0 Å². The Kier molecular flexibility index (Phi) is 5.80. The molecule has 1 aliphatic heterocycles. The van der Waals surface area contributed by atoms with Gasteiger partial charge < -0.3 is 20.2 Å². The normalized spacial score (nSPS) is 17.8. The molecule has 0 aliphatic carbocycles. The third-order valence-corrected chi connectivity index (χ3v) is 3.86. The zero-order valence-corrected chi connectivity index (χ0v) is 13.0. The highest BCUT2D eigenvalue weighted by Crippen LogP contribution is 2.15. The van der Waals surface area contributed by atoms with Crippen LogP contribution in [0.15, 0.2) is 0 Å². The minimum Gasteiger partial charge on any atom is -0.480 e. The summed E-state index contributed by atoms with van der Waals surface area (Å²) in [6, 6.07) is -0.300. The molecule has 1 aliphatic rings. The van der Waals surface area contributed by atoms with E-state index in [2.05, 4.69) is 10.2 Å². The monoisotopic (exact) mass is 285 g/mol. The first-order chi connectivity index (χ1) is 9.28. The molecular weight excluding hydrogens is 258 g/mol. The summed E-state index contributed by atoms with van der Waals surface area (Å²) >= 11 is 0. The van der Waals surface area contributed by atoms with Crippen LogP contribution in [-0.4, -0.2) is 64.7 Å². The topological polar surface area (TPSA) is 72.9 Å². The highest BCUT2D eigenvalue weighted by Gasteiger charge is 2.37. The molecule has 0 radical (unpaired) electrons. The van der Waals surface area contributed by atoms with Gasteiger partial charge in [0.2, 0.25) is 0 Å². The number of carboxylic acids is 1. The number of likely N-dealkylation sites (N-methyl/N-ethyl adjacent to an activating group) is 1. The number of nitrogens with one attached hydrogen (secondary N) is 1. The van der Waals surface area contributed by atoms with E-state index < -0.39 is 11.5 Å². The van der Waals surface area contributed by atoms with Crippen molar-refractivity contribution in [1.29, 1.82) is 0 Å². The van der Waals surface area contributed by atoms with Gasteiger partial charge in [-0.05, 0) is 53.6 Å². The van der Waals surface area contributed by atoms with Crippen molar-refractivity contribution in [2.75, 3.05) is 26.2 Å². The van der Waals surface area contributed by atoms with E-state index in [1.54, 1.807) is 20.8 Å². The van der Waals surface area contributed by atoms with Crippen molar-refractivity contribution >= 4 is 12.0 Å². The van der Waals surface area contributed by atoms with Crippen LogP contribution in [0.2, 0.25) is 0 Å². The number of carboxylic acid groups (broad SMARTS) is 1. The second-order valence-corrected chi connectivity index (χ2v) is 5.97. The van der Waals surface area contributed by atoms with E-state index in [-0.39, 0.29) is 12.1 Å². The third kappa shape index (κ3) is 4.10. The number of hydrogen-bond donors (Lipinski definition) is 2. The fourth-order valence-electron chi connectivity index (χ4n) is 2.60. The summed E-state index contributed by atoms with van der Waals surface area (Å²) in [5, 5.41) is 12.1. The quantitative estimate of drug-likeness (QED) is 0.773. The fraction of sp³-hybridized carbons (Fsp3) is 0.857. The number of carbonyl (C=O) groups is 2. The highest BCUT2D eigenvalue weighted by atomic mass is 16.4. The molecule has 1 saturated heterocycles. The SMILES string of the molecule is CCN(C(=O)NC(C)CN1CCCC1)C(C)(C)C(=O)O. The number of likely N-dealkylation sites (tertiary alicyclic amines) is 1. The van der Waals surface area contributed by atoms with Gasteiger partial charge in [-0.2, -0.15) is 0 Å². The lowest BCUT2D eigenvalue weighted by atomic mass is 10.0. The van der Waals surface area contributed by atoms with Crippen molar-refractivity contribution in [2.24, 2.45) is 0 Å². The average molecular weight is 285 g/mol. The maximum Gasteiger partial charge on any atom is 0.329 e. The molecule has 6 heteroatoms. The van der Waals surface area contributed by atoms with Gasteiger partial charge in [-0.1, -0.05) is 0 Å². The maximum absolute atomic E-state index is 12.2. The number of aliphatic carboxylic acids is 1. The first-order valence-corrected chi connectivity index (χ1v) is 7.33. The molecule has 1 atom stereocenters. The van der Waals surface area contributed by atoms with E-state index in [4.69, 9.17) is 0 Å². The van der Waals surface area contributed by atoms with Crippen LogP contribution in [0.3, 0.4) is 0 Å². The summed E-state index contributed by atoms with van der Waals surface area (Å²) in [6.45, 7) is 10.2. The van der Waals surface area contributed by atoms with Crippen molar-refractivity contribution in [3.63, 3.8) is 0 Å². The summed E-state index contributed by atoms with van der Waals surface area (Å²) in [6.07, 6.45) is 2.43. The first-order valence-electron chi connectivity index (χ1n) is 7.33. The summed E-state index contributed by atoms with van der Waals surface area (Å²) < 4.78 is 0. The lowest BCUT2D eigenvalue weighted by Crippen LogP contribution is -2.58. The minimum atomic E-state index is -1.20. The molecule has 1 unspecified atom stereocenters. The average Bonchev–Trinajstić information content (AvgIpc) is 2.81. The fourth-order valence-corrected chi connectivity index (χ4v) is 2.60. The van der Waals surface area contributed by atoms with E-state index in [1.807, 2.05) is 6.92 Å². The second kappa shape index (κ2) is 6.92. The molecule has 0 aromatic carbocycles. The maximum atomic E-state index is 12.2. The van der Waals surface area contributed by atoms with Crippen LogP contribution in [0.1, 0.15) is 40.5 Å². The highest BCUT2D eigenvalue weighted by molar-refractivity contribution is 5.85. The van der Waals surface area contributed by atoms with Gasteiger partial charge in [0.15, 0.2) is 0 Å². The summed E-state index contributed by atoms with van der Waals surface area (Å²) in [5.74, 6) is -0.998. The molecule has 0 saturated carbocycles. The minimum absolute atomic E-state index is 0.0132. The van der Waals surface area contributed by atoms with Crippen molar-refractivity contribution in [3.05, 3.63) is 0 Å². The van der Waals surface area contributed by atoms with Gasteiger partial charge in [-0.15, -0.1) is 0 Å². The zero-order valence-electron chi connectivity index (χ0n) is 13.0. The number of rotatable bonds is 6. The van der Waals surface area contributed by atoms with Crippen LogP contribution in [0.4, 0.5) is 4.79 Å². The van der Waals surface area contributed by atoms with Crippen LogP contribution >= 0.6 is 0 Å². The Morgan fingerprint density at radius 1 is 1.35 bits per heavy atom. The molecule has 2 N–H and O–H groups in total. The zero-order chi connectivity index (χ0) is 15.3. The van der Waals surface area contributed by atoms with E-state index in [9.17, 15) is 14.7 Å². The standard InChI is InChI=1S/C14H27N3O3/c1-5-17(14(3,4)12(18)19)13(20)15-11(2)10-16-8-6-7-9-16/h11H,5-10H2,1-4H3,(H,15,20)(H,18,19). The van der Waals surface area contributed by atoms with Gasteiger partial charge >= 0.3 is 12.0 Å². The Morgan fingerprint density at radius 3 is 2.35 bits per heavy atom. The van der Waals surface area contributed by atoms with Gasteiger partial charge in [-0.25, -0.2) is 9.59 Å². The van der Waals surface area contributed by atoms with Crippen molar-refractivity contribution < 1.29 is 14.7 Å². The lowest BCUT2D eigenvalue weighted by molar-refractivity contribution is -0.147. The molecule has 1 rings (SSSR count). The van der Waals surface area contributed by atoms with Gasteiger partial charge in [0.1, 0.15) is 5.54 Å². The second-order valence-electron chi connectivity index (χ2n) is 5.97. The Balaban J connectivity index is 2.56. The van der Waals surface area contributed by atoms with E-state index in [0.717, 1.165) is 19.6 Å². The Morgan fingerprint density at radius 2 is 1.90 bits per heavy atom. The summed E-state index contributed by atoms with van der Waals surface area (Å²) in [7, 11) is 0. The lowest BCUT2D eigenvalue weighted by Gasteiger charge is -2.35. The molecule has 116 valence electrons. The molecule has 1 fully saturated rings. The van der Waals surface area contributed by atoms with E-state index >= 15 is 0 Å². The van der Waals surface area contributed by atoms with Crippen LogP contribution in [-0.2, 0) is 4.79 Å². The molecule has 2 amide bonds. The molecular formula is C14H27N3O3. The molecule has 20 heavy (non-hydrogen) atoms. The van der Waals surface area contributed by atoms with Crippen molar-refractivity contribution in [2.45, 2.75) is 52.1 Å². The molecule has 6 nitrogen and oxygen atoms in total. The van der Waals surface area contributed by atoms with Gasteiger partial charge in [0, 0.05) is 19.1 Å². The smallest absolute Gasteiger partial charge is 0.329 e. The molecule has 0 bridgehead atoms. The van der Waals surface area contributed by atoms with Crippen molar-refractivity contribution in [1.82, 2.24) is 15.1 Å². The molecule has 0 spiro atoms. The number of nitrogens with zero attached hydrogens (tertiary/aromatic N) is 2. The number of carbonyl (C=O) groups excluding carboxylic acids is 1. The summed E-state index contributed by atoms with van der Waals surface area (Å²) in [5.41, 5.74) is -1.20. The number of amides is 2. The Labute approximate surface area is 121 Å². The van der Waals surface area contributed by atoms with Gasteiger partial charge in [0.25, 0.3) is 0 Å². The van der Waals surface area contributed by atoms with E-state index in [1.165, 1.54) is 17.7 Å². The first kappa shape index (κ1) is 16.8. The largest absolute Gasteiger partial charge is 0.480 e. The summed E-state index contributed by atoms with van der Waals surface area (Å²) in [4.78, 5) is 27.2. The molecule has 0 aromatic rings. The number of urea groups is 1. The Bertz CT molecular complexity index is 352. The van der Waals surface area contributed by atoms with Crippen LogP contribution in [0, 0.1) is 0 Å². The Hall–Kier alpha value is -1.30. The third-order valence-electron chi connectivity index (χ3n) is 3.86. The molecule has 1 heterocycles. The van der Waals surface area contributed by atoms with Crippen LogP contribution < -0.4 is 5.32 Å². The van der Waals surface area contributed by atoms with Crippen LogP contribution in [0.25, 0.3) is 0 Å². The van der Waals surface area contributed by atoms with Gasteiger partial charge in [-0.3, -0.25) is 0 Å². The van der Waals surface area contributed by atoms with Crippen molar-refractivity contribution in [3.8, 4) is 0 Å². The molecule has 0 aromatic heterocycles. The predicted octanol–water partition coefficient (Wildman–Crippen LogP) is 1.37. The van der Waals surface area contributed by atoms with E-state index in [0.29, 0.717) is 6.54 Å². The van der Waals surface area contributed by atoms with Crippen LogP contribution in [0.5, 0.6) is 0 Å². The predicted molar refractivity (Wildman–Crippen MR) is 77.8 cm³/mol.